The van der Waals surface area contributed by atoms with E-state index in [9.17, 15) is 9.18 Å². The molecule has 1 atom stereocenters. The second-order valence-corrected chi connectivity index (χ2v) is 6.02. The molecule has 1 aromatic rings. The quantitative estimate of drug-likeness (QED) is 0.869. The van der Waals surface area contributed by atoms with Crippen molar-refractivity contribution >= 4 is 5.91 Å². The number of hydrogen-bond acceptors (Lipinski definition) is 2. The lowest BCUT2D eigenvalue weighted by molar-refractivity contribution is 0.0924. The highest BCUT2D eigenvalue weighted by Crippen LogP contribution is 2.12. The van der Waals surface area contributed by atoms with Gasteiger partial charge in [-0.05, 0) is 57.1 Å². The second kappa shape index (κ2) is 7.39. The predicted molar refractivity (Wildman–Crippen MR) is 80.4 cm³/mol. The molecule has 0 saturated heterocycles. The van der Waals surface area contributed by atoms with E-state index in [2.05, 4.69) is 24.1 Å². The van der Waals surface area contributed by atoms with E-state index >= 15 is 0 Å². The zero-order chi connectivity index (χ0) is 15.3. The topological polar surface area (TPSA) is 32.3 Å². The molecule has 20 heavy (non-hydrogen) atoms. The van der Waals surface area contributed by atoms with Crippen LogP contribution in [0.2, 0.25) is 0 Å². The molecule has 0 radical (unpaired) electrons. The van der Waals surface area contributed by atoms with Gasteiger partial charge in [0.1, 0.15) is 5.82 Å². The molecular weight excluding hydrogens is 255 g/mol. The minimum absolute atomic E-state index is 0.0990. The monoisotopic (exact) mass is 280 g/mol. The average molecular weight is 280 g/mol. The number of nitrogens with one attached hydrogen (secondary N) is 1. The van der Waals surface area contributed by atoms with E-state index in [1.807, 2.05) is 14.1 Å². The van der Waals surface area contributed by atoms with Crippen LogP contribution < -0.4 is 5.32 Å². The fraction of sp³-hybridized carbons (Fsp3) is 0.562. The number of hydrogen-bond donors (Lipinski definition) is 1. The minimum Gasteiger partial charge on any atom is -0.348 e. The SMILES string of the molecule is Cc1cc(F)ccc1C(=O)NC(CC(C)C)CN(C)C. The standard InChI is InChI=1S/C16H25FN2O/c1-11(2)8-14(10-19(4)5)18-16(20)15-7-6-13(17)9-12(15)3/h6-7,9,11,14H,8,10H2,1-5H3,(H,18,20). The van der Waals surface area contributed by atoms with Crippen molar-refractivity contribution in [2.75, 3.05) is 20.6 Å². The molecule has 0 saturated carbocycles. The molecule has 0 heterocycles. The van der Waals surface area contributed by atoms with Crippen LogP contribution in [0.1, 0.15) is 36.2 Å². The van der Waals surface area contributed by atoms with Crippen molar-refractivity contribution < 1.29 is 9.18 Å². The Labute approximate surface area is 121 Å². The largest absolute Gasteiger partial charge is 0.348 e. The fourth-order valence-corrected chi connectivity index (χ4v) is 2.33. The molecule has 4 heteroatoms. The number of nitrogens with zero attached hydrogens (tertiary/aromatic N) is 1. The molecule has 3 nitrogen and oxygen atoms in total. The summed E-state index contributed by atoms with van der Waals surface area (Å²) in [5.74, 6) is 0.0654. The van der Waals surface area contributed by atoms with Crippen LogP contribution >= 0.6 is 0 Å². The normalized spacial score (nSPS) is 12.8. The third-order valence-electron chi connectivity index (χ3n) is 3.11. The Morgan fingerprint density at radius 2 is 2.00 bits per heavy atom. The van der Waals surface area contributed by atoms with Crippen molar-refractivity contribution in [3.05, 3.63) is 35.1 Å². The molecule has 1 unspecified atom stereocenters. The molecule has 112 valence electrons. The maximum atomic E-state index is 13.1. The van der Waals surface area contributed by atoms with Gasteiger partial charge in [-0.25, -0.2) is 4.39 Å². The number of likely N-dealkylation sites (N-methyl/N-ethyl adjacent to an activating group) is 1. The molecule has 0 spiro atoms. The minimum atomic E-state index is -0.314. The first-order valence-electron chi connectivity index (χ1n) is 7.01. The third-order valence-corrected chi connectivity index (χ3v) is 3.11. The van der Waals surface area contributed by atoms with Gasteiger partial charge in [-0.15, -0.1) is 0 Å². The van der Waals surface area contributed by atoms with Gasteiger partial charge in [0.2, 0.25) is 0 Å². The smallest absolute Gasteiger partial charge is 0.251 e. The van der Waals surface area contributed by atoms with E-state index < -0.39 is 0 Å². The third kappa shape index (κ3) is 5.29. The van der Waals surface area contributed by atoms with Gasteiger partial charge in [0, 0.05) is 18.2 Å². The number of halogens is 1. The number of amides is 1. The van der Waals surface area contributed by atoms with Crippen molar-refractivity contribution in [1.82, 2.24) is 10.2 Å². The zero-order valence-corrected chi connectivity index (χ0v) is 13.0. The fourth-order valence-electron chi connectivity index (χ4n) is 2.33. The maximum Gasteiger partial charge on any atom is 0.251 e. The highest BCUT2D eigenvalue weighted by atomic mass is 19.1. The number of rotatable bonds is 6. The Balaban J connectivity index is 2.78. The molecule has 1 rings (SSSR count). The predicted octanol–water partition coefficient (Wildman–Crippen LogP) is 2.84. The summed E-state index contributed by atoms with van der Waals surface area (Å²) in [6, 6.07) is 4.35. The lowest BCUT2D eigenvalue weighted by Gasteiger charge is -2.24. The molecule has 0 aliphatic heterocycles. The number of carbonyl (C=O) groups is 1. The van der Waals surface area contributed by atoms with Crippen molar-refractivity contribution in [1.29, 1.82) is 0 Å². The Kier molecular flexibility index (Phi) is 6.14. The summed E-state index contributed by atoms with van der Waals surface area (Å²) in [6.07, 6.45) is 0.921. The van der Waals surface area contributed by atoms with E-state index in [1.54, 1.807) is 13.0 Å². The summed E-state index contributed by atoms with van der Waals surface area (Å²) >= 11 is 0. The van der Waals surface area contributed by atoms with Crippen LogP contribution in [0.25, 0.3) is 0 Å². The summed E-state index contributed by atoms with van der Waals surface area (Å²) in [5.41, 5.74) is 1.20. The molecule has 0 aliphatic carbocycles. The van der Waals surface area contributed by atoms with E-state index in [-0.39, 0.29) is 17.8 Å². The molecule has 0 bridgehead atoms. The van der Waals surface area contributed by atoms with Gasteiger partial charge in [0.05, 0.1) is 0 Å². The van der Waals surface area contributed by atoms with Crippen molar-refractivity contribution in [3.8, 4) is 0 Å². The van der Waals surface area contributed by atoms with E-state index in [0.29, 0.717) is 17.0 Å². The van der Waals surface area contributed by atoms with Crippen LogP contribution in [0.15, 0.2) is 18.2 Å². The second-order valence-electron chi connectivity index (χ2n) is 6.02. The lowest BCUT2D eigenvalue weighted by atomic mass is 10.0. The summed E-state index contributed by atoms with van der Waals surface area (Å²) in [7, 11) is 3.98. The van der Waals surface area contributed by atoms with Crippen LogP contribution in [0.3, 0.4) is 0 Å². The summed E-state index contributed by atoms with van der Waals surface area (Å²) in [4.78, 5) is 14.4. The van der Waals surface area contributed by atoms with Gasteiger partial charge >= 0.3 is 0 Å². The van der Waals surface area contributed by atoms with Gasteiger partial charge < -0.3 is 10.2 Å². The van der Waals surface area contributed by atoms with Crippen LogP contribution in [0.4, 0.5) is 4.39 Å². The van der Waals surface area contributed by atoms with Crippen molar-refractivity contribution in [2.24, 2.45) is 5.92 Å². The van der Waals surface area contributed by atoms with Gasteiger partial charge in [-0.1, -0.05) is 13.8 Å². The van der Waals surface area contributed by atoms with Crippen molar-refractivity contribution in [2.45, 2.75) is 33.2 Å². The molecule has 0 aromatic heterocycles. The number of benzene rings is 1. The Morgan fingerprint density at radius 3 is 2.50 bits per heavy atom. The Hall–Kier alpha value is -1.42. The first-order valence-corrected chi connectivity index (χ1v) is 7.01. The maximum absolute atomic E-state index is 13.1. The van der Waals surface area contributed by atoms with Gasteiger partial charge in [0.15, 0.2) is 0 Å². The van der Waals surface area contributed by atoms with E-state index in [4.69, 9.17) is 0 Å². The van der Waals surface area contributed by atoms with E-state index in [1.165, 1.54) is 12.1 Å². The average Bonchev–Trinajstić information content (AvgIpc) is 2.26. The summed E-state index contributed by atoms with van der Waals surface area (Å²) < 4.78 is 13.1. The van der Waals surface area contributed by atoms with Crippen LogP contribution in [0.5, 0.6) is 0 Å². The summed E-state index contributed by atoms with van der Waals surface area (Å²) in [5, 5.41) is 3.05. The van der Waals surface area contributed by atoms with Gasteiger partial charge in [-0.2, -0.15) is 0 Å². The molecule has 1 amide bonds. The highest BCUT2D eigenvalue weighted by molar-refractivity contribution is 5.95. The zero-order valence-electron chi connectivity index (χ0n) is 13.0. The Bertz CT molecular complexity index is 448. The van der Waals surface area contributed by atoms with Crippen LogP contribution in [-0.4, -0.2) is 37.5 Å². The Morgan fingerprint density at radius 1 is 1.35 bits per heavy atom. The first-order chi connectivity index (χ1) is 9.29. The first kappa shape index (κ1) is 16.6. The van der Waals surface area contributed by atoms with E-state index in [0.717, 1.165) is 13.0 Å². The molecule has 0 fully saturated rings. The number of aryl methyl sites for hydroxylation is 1. The summed E-state index contributed by atoms with van der Waals surface area (Å²) in [6.45, 7) is 6.82. The lowest BCUT2D eigenvalue weighted by Crippen LogP contribution is -2.42. The molecule has 0 aliphatic rings. The van der Waals surface area contributed by atoms with Gasteiger partial charge in [0.25, 0.3) is 5.91 Å². The highest BCUT2D eigenvalue weighted by Gasteiger charge is 2.17. The van der Waals surface area contributed by atoms with Crippen molar-refractivity contribution in [3.63, 3.8) is 0 Å². The molecular formula is C16H25FN2O. The molecule has 1 N–H and O–H groups in total. The molecule has 1 aromatic carbocycles. The van der Waals surface area contributed by atoms with Crippen LogP contribution in [0, 0.1) is 18.7 Å². The van der Waals surface area contributed by atoms with Gasteiger partial charge in [-0.3, -0.25) is 4.79 Å². The number of carbonyl (C=O) groups excluding carboxylic acids is 1. The van der Waals surface area contributed by atoms with Crippen LogP contribution in [-0.2, 0) is 0 Å².